The summed E-state index contributed by atoms with van der Waals surface area (Å²) < 4.78 is 0. The third kappa shape index (κ3) is 15.8. The summed E-state index contributed by atoms with van der Waals surface area (Å²) >= 11 is 0. The Hall–Kier alpha value is -0.0800. The van der Waals surface area contributed by atoms with Crippen molar-refractivity contribution in [3.63, 3.8) is 0 Å². The van der Waals surface area contributed by atoms with E-state index in [1.54, 1.807) is 0 Å². The van der Waals surface area contributed by atoms with Gasteiger partial charge in [0.15, 0.2) is 0 Å². The maximum Gasteiger partial charge on any atom is -0.00186 e. The van der Waals surface area contributed by atoms with Crippen molar-refractivity contribution in [3.8, 4) is 0 Å². The Morgan fingerprint density at radius 3 is 1.50 bits per heavy atom. The summed E-state index contributed by atoms with van der Waals surface area (Å²) in [6, 6.07) is 0. The minimum absolute atomic E-state index is 1.00. The van der Waals surface area contributed by atoms with Gasteiger partial charge in [-0.15, -0.1) is 0 Å². The number of nitrogens with one attached hydrogen (secondary N) is 1. The fourth-order valence-electron chi connectivity index (χ4n) is 4.69. The lowest BCUT2D eigenvalue weighted by Crippen LogP contribution is -2.30. The molecule has 0 aromatic heterocycles. The maximum atomic E-state index is 3.51. The quantitative estimate of drug-likeness (QED) is 0.214. The molecule has 1 fully saturated rings. The van der Waals surface area contributed by atoms with Crippen molar-refractivity contribution in [1.29, 1.82) is 0 Å². The van der Waals surface area contributed by atoms with Crippen LogP contribution in [-0.2, 0) is 0 Å². The van der Waals surface area contributed by atoms with Gasteiger partial charge in [-0.1, -0.05) is 90.9 Å². The molecule has 0 bridgehead atoms. The van der Waals surface area contributed by atoms with Crippen LogP contribution < -0.4 is 5.32 Å². The summed E-state index contributed by atoms with van der Waals surface area (Å²) in [7, 11) is 0. The van der Waals surface area contributed by atoms with Crippen molar-refractivity contribution in [2.75, 3.05) is 32.7 Å². The second-order valence-corrected chi connectivity index (χ2v) is 9.42. The molecule has 0 amide bonds. The number of piperidine rings is 1. The molecule has 28 heavy (non-hydrogen) atoms. The van der Waals surface area contributed by atoms with Gasteiger partial charge >= 0.3 is 0 Å². The summed E-state index contributed by atoms with van der Waals surface area (Å²) in [5.41, 5.74) is 0. The molecule has 1 heterocycles. The second kappa shape index (κ2) is 20.2. The van der Waals surface area contributed by atoms with E-state index < -0.39 is 0 Å². The second-order valence-electron chi connectivity index (χ2n) is 9.42. The van der Waals surface area contributed by atoms with E-state index in [0.29, 0.717) is 0 Å². The predicted molar refractivity (Wildman–Crippen MR) is 127 cm³/mol. The van der Waals surface area contributed by atoms with E-state index in [1.807, 2.05) is 0 Å². The van der Waals surface area contributed by atoms with E-state index in [-0.39, 0.29) is 0 Å². The third-order valence-corrected chi connectivity index (χ3v) is 6.70. The van der Waals surface area contributed by atoms with Gasteiger partial charge in [0.05, 0.1) is 0 Å². The third-order valence-electron chi connectivity index (χ3n) is 6.70. The highest BCUT2D eigenvalue weighted by atomic mass is 15.1. The van der Waals surface area contributed by atoms with E-state index >= 15 is 0 Å². The van der Waals surface area contributed by atoms with Crippen molar-refractivity contribution in [2.24, 2.45) is 5.92 Å². The highest BCUT2D eigenvalue weighted by molar-refractivity contribution is 4.69. The van der Waals surface area contributed by atoms with Gasteiger partial charge in [0, 0.05) is 0 Å². The SMILES string of the molecule is CCCCCCCCCN(CCCCCCCCC)CCCC1CCNCC1. The maximum absolute atomic E-state index is 3.51. The van der Waals surface area contributed by atoms with Crippen LogP contribution in [0.2, 0.25) is 0 Å². The fourth-order valence-corrected chi connectivity index (χ4v) is 4.69. The van der Waals surface area contributed by atoms with Crippen LogP contribution in [0.25, 0.3) is 0 Å². The molecule has 1 rings (SSSR count). The fraction of sp³-hybridized carbons (Fsp3) is 1.00. The summed E-state index contributed by atoms with van der Waals surface area (Å²) in [5.74, 6) is 1.00. The van der Waals surface area contributed by atoms with Crippen molar-refractivity contribution in [1.82, 2.24) is 10.2 Å². The molecule has 0 aromatic carbocycles. The molecule has 1 saturated heterocycles. The van der Waals surface area contributed by atoms with Gasteiger partial charge in [0.2, 0.25) is 0 Å². The smallest absolute Gasteiger partial charge is 0.00186 e. The lowest BCUT2D eigenvalue weighted by atomic mass is 9.93. The summed E-state index contributed by atoms with van der Waals surface area (Å²) in [5, 5.41) is 3.51. The minimum Gasteiger partial charge on any atom is -0.317 e. The Morgan fingerprint density at radius 1 is 0.571 bits per heavy atom. The number of unbranched alkanes of at least 4 members (excludes halogenated alkanes) is 12. The van der Waals surface area contributed by atoms with E-state index in [4.69, 9.17) is 0 Å². The molecule has 2 heteroatoms. The molecule has 0 unspecified atom stereocenters. The molecule has 0 atom stereocenters. The number of nitrogens with zero attached hydrogens (tertiary/aromatic N) is 1. The average molecular weight is 395 g/mol. The van der Waals surface area contributed by atoms with Crippen LogP contribution in [0.15, 0.2) is 0 Å². The monoisotopic (exact) mass is 394 g/mol. The van der Waals surface area contributed by atoms with Crippen molar-refractivity contribution in [3.05, 3.63) is 0 Å². The lowest BCUT2D eigenvalue weighted by molar-refractivity contribution is 0.241. The van der Waals surface area contributed by atoms with Crippen LogP contribution in [0.1, 0.15) is 129 Å². The van der Waals surface area contributed by atoms with Gasteiger partial charge in [-0.25, -0.2) is 0 Å². The topological polar surface area (TPSA) is 15.3 Å². The number of rotatable bonds is 20. The van der Waals surface area contributed by atoms with Crippen LogP contribution >= 0.6 is 0 Å². The lowest BCUT2D eigenvalue weighted by Gasteiger charge is -2.26. The number of hydrogen-bond donors (Lipinski definition) is 1. The zero-order valence-electron chi connectivity index (χ0n) is 19.8. The van der Waals surface area contributed by atoms with Crippen LogP contribution in [0.5, 0.6) is 0 Å². The Morgan fingerprint density at radius 2 is 1.00 bits per heavy atom. The first-order valence-corrected chi connectivity index (χ1v) is 13.3. The van der Waals surface area contributed by atoms with Crippen LogP contribution in [0.4, 0.5) is 0 Å². The van der Waals surface area contributed by atoms with Crippen molar-refractivity contribution >= 4 is 0 Å². The Balaban J connectivity index is 2.12. The Labute approximate surface area is 178 Å². The predicted octanol–water partition coefficient (Wildman–Crippen LogP) is 7.57. The van der Waals surface area contributed by atoms with Gasteiger partial charge in [-0.2, -0.15) is 0 Å². The van der Waals surface area contributed by atoms with Gasteiger partial charge in [-0.05, 0) is 77.2 Å². The zero-order valence-corrected chi connectivity index (χ0v) is 19.8. The van der Waals surface area contributed by atoms with E-state index in [2.05, 4.69) is 24.1 Å². The molecule has 1 aliphatic rings. The molecule has 1 N–H and O–H groups in total. The van der Waals surface area contributed by atoms with Crippen LogP contribution in [-0.4, -0.2) is 37.6 Å². The van der Waals surface area contributed by atoms with Crippen LogP contribution in [0, 0.1) is 5.92 Å². The van der Waals surface area contributed by atoms with Gasteiger partial charge in [0.25, 0.3) is 0 Å². The molecule has 0 spiro atoms. The number of hydrogen-bond acceptors (Lipinski definition) is 2. The van der Waals surface area contributed by atoms with E-state index in [9.17, 15) is 0 Å². The first kappa shape index (κ1) is 26.0. The molecule has 168 valence electrons. The Bertz CT molecular complexity index is 281. The largest absolute Gasteiger partial charge is 0.317 e. The van der Waals surface area contributed by atoms with Gasteiger partial charge < -0.3 is 10.2 Å². The molecule has 1 aliphatic heterocycles. The molecule has 0 aliphatic carbocycles. The Kier molecular flexibility index (Phi) is 18.7. The van der Waals surface area contributed by atoms with Gasteiger partial charge in [0.1, 0.15) is 0 Å². The standard InChI is InChI=1S/C26H54N2/c1-3-5-7-9-11-13-15-23-28(24-16-14-12-10-8-6-4-2)25-17-18-26-19-21-27-22-20-26/h26-27H,3-25H2,1-2H3. The molecular formula is C26H54N2. The van der Waals surface area contributed by atoms with E-state index in [0.717, 1.165) is 5.92 Å². The normalized spacial score (nSPS) is 15.5. The highest BCUT2D eigenvalue weighted by Gasteiger charge is 2.13. The first-order chi connectivity index (χ1) is 13.9. The molecule has 2 nitrogen and oxygen atoms in total. The van der Waals surface area contributed by atoms with Crippen molar-refractivity contribution < 1.29 is 0 Å². The van der Waals surface area contributed by atoms with Crippen molar-refractivity contribution in [2.45, 2.75) is 129 Å². The molecule has 0 saturated carbocycles. The summed E-state index contributed by atoms with van der Waals surface area (Å²) in [6.45, 7) is 11.2. The highest BCUT2D eigenvalue weighted by Crippen LogP contribution is 2.18. The average Bonchev–Trinajstić information content (AvgIpc) is 2.72. The summed E-state index contributed by atoms with van der Waals surface area (Å²) in [6.07, 6.45) is 25.8. The summed E-state index contributed by atoms with van der Waals surface area (Å²) in [4.78, 5) is 2.82. The first-order valence-electron chi connectivity index (χ1n) is 13.3. The van der Waals surface area contributed by atoms with E-state index in [1.165, 1.54) is 148 Å². The molecule has 0 radical (unpaired) electrons. The molecule has 0 aromatic rings. The zero-order chi connectivity index (χ0) is 20.1. The minimum atomic E-state index is 1.00. The van der Waals surface area contributed by atoms with Crippen LogP contribution in [0.3, 0.4) is 0 Å². The molecular weight excluding hydrogens is 340 g/mol. The van der Waals surface area contributed by atoms with Gasteiger partial charge in [-0.3, -0.25) is 0 Å².